The van der Waals surface area contributed by atoms with Crippen molar-refractivity contribution in [3.8, 4) is 0 Å². The summed E-state index contributed by atoms with van der Waals surface area (Å²) in [4.78, 5) is 27.8. The van der Waals surface area contributed by atoms with Gasteiger partial charge in [-0.3, -0.25) is 4.79 Å². The predicted molar refractivity (Wildman–Crippen MR) is 131 cm³/mol. The molecule has 1 amide bonds. The van der Waals surface area contributed by atoms with E-state index in [2.05, 4.69) is 50.7 Å². The lowest BCUT2D eigenvalue weighted by atomic mass is 9.97. The first-order chi connectivity index (χ1) is 16.0. The SMILES string of the molecule is CC1CN(c2ncccc2C(=O)NS(=O)(=O)c2cccc(Nc3ccc(Cl)cn3)n2)C(C)(C)C1. The van der Waals surface area contributed by atoms with Gasteiger partial charge in [-0.25, -0.2) is 19.7 Å². The van der Waals surface area contributed by atoms with Crippen LogP contribution in [0.1, 0.15) is 37.6 Å². The minimum absolute atomic E-state index is 0.188. The summed E-state index contributed by atoms with van der Waals surface area (Å²) in [6.07, 6.45) is 3.99. The molecule has 3 aromatic heterocycles. The molecule has 4 heterocycles. The third-order valence-electron chi connectivity index (χ3n) is 5.57. The summed E-state index contributed by atoms with van der Waals surface area (Å²) >= 11 is 5.84. The van der Waals surface area contributed by atoms with Crippen LogP contribution in [-0.2, 0) is 10.0 Å². The summed E-state index contributed by atoms with van der Waals surface area (Å²) in [6, 6.07) is 10.9. The molecule has 1 fully saturated rings. The van der Waals surface area contributed by atoms with Crippen LogP contribution < -0.4 is 14.9 Å². The number of halogens is 1. The number of amides is 1. The predicted octanol–water partition coefficient (Wildman–Crippen LogP) is 4.01. The third kappa shape index (κ3) is 5.13. The molecule has 0 radical (unpaired) electrons. The number of rotatable bonds is 6. The van der Waals surface area contributed by atoms with Gasteiger partial charge in [0.15, 0.2) is 5.03 Å². The highest BCUT2D eigenvalue weighted by atomic mass is 35.5. The highest BCUT2D eigenvalue weighted by Gasteiger charge is 2.39. The van der Waals surface area contributed by atoms with Crippen LogP contribution in [0.4, 0.5) is 17.5 Å². The largest absolute Gasteiger partial charge is 0.351 e. The standard InChI is InChI=1S/C23H25ClN6O3S/c1-15-12-23(2,3)30(14-15)21-17(6-5-11-25-21)22(31)29-34(32,33)20-8-4-7-19(28-20)27-18-10-9-16(24)13-26-18/h4-11,13,15H,12,14H2,1-3H3,(H,29,31)(H,26,27,28). The van der Waals surface area contributed by atoms with Crippen molar-refractivity contribution in [3.05, 3.63) is 65.4 Å². The number of nitrogens with one attached hydrogen (secondary N) is 2. The number of carbonyl (C=O) groups excluding carboxylic acids is 1. The normalized spacial score (nSPS) is 17.4. The van der Waals surface area contributed by atoms with Gasteiger partial charge < -0.3 is 10.2 Å². The van der Waals surface area contributed by atoms with Crippen LogP contribution in [0.5, 0.6) is 0 Å². The van der Waals surface area contributed by atoms with E-state index in [0.717, 1.165) is 13.0 Å². The number of carbonyl (C=O) groups is 1. The molecule has 4 rings (SSSR count). The van der Waals surface area contributed by atoms with E-state index in [1.165, 1.54) is 18.3 Å². The lowest BCUT2D eigenvalue weighted by Gasteiger charge is -2.33. The zero-order valence-electron chi connectivity index (χ0n) is 19.0. The van der Waals surface area contributed by atoms with E-state index in [9.17, 15) is 13.2 Å². The zero-order chi connectivity index (χ0) is 24.5. The molecule has 0 bridgehead atoms. The van der Waals surface area contributed by atoms with E-state index in [4.69, 9.17) is 11.6 Å². The highest BCUT2D eigenvalue weighted by molar-refractivity contribution is 7.90. The van der Waals surface area contributed by atoms with Gasteiger partial charge in [0.25, 0.3) is 15.9 Å². The van der Waals surface area contributed by atoms with E-state index >= 15 is 0 Å². The Hall–Kier alpha value is -3.24. The lowest BCUT2D eigenvalue weighted by molar-refractivity contribution is 0.0981. The molecule has 2 N–H and O–H groups in total. The number of hydrogen-bond acceptors (Lipinski definition) is 8. The summed E-state index contributed by atoms with van der Waals surface area (Å²) in [5.41, 5.74) is -0.0215. The minimum Gasteiger partial charge on any atom is -0.351 e. The molecule has 1 unspecified atom stereocenters. The lowest BCUT2D eigenvalue weighted by Crippen LogP contribution is -2.41. The number of aromatic nitrogens is 3. The smallest absolute Gasteiger partial charge is 0.281 e. The van der Waals surface area contributed by atoms with E-state index in [-0.39, 0.29) is 21.9 Å². The van der Waals surface area contributed by atoms with Gasteiger partial charge in [0.1, 0.15) is 17.5 Å². The molecule has 1 aliphatic heterocycles. The van der Waals surface area contributed by atoms with Crippen LogP contribution in [0.25, 0.3) is 0 Å². The Bertz CT molecular complexity index is 1310. The molecule has 1 saturated heterocycles. The molecule has 0 aromatic carbocycles. The van der Waals surface area contributed by atoms with Gasteiger partial charge in [0, 0.05) is 24.5 Å². The van der Waals surface area contributed by atoms with Crippen molar-refractivity contribution in [3.63, 3.8) is 0 Å². The molecule has 1 atom stereocenters. The average Bonchev–Trinajstić information content (AvgIpc) is 3.07. The van der Waals surface area contributed by atoms with Crippen molar-refractivity contribution in [1.82, 2.24) is 19.7 Å². The molecular weight excluding hydrogens is 476 g/mol. The quantitative estimate of drug-likeness (QED) is 0.521. The van der Waals surface area contributed by atoms with Crippen molar-refractivity contribution in [2.75, 3.05) is 16.8 Å². The third-order valence-corrected chi connectivity index (χ3v) is 7.03. The molecule has 11 heteroatoms. The number of hydrogen-bond donors (Lipinski definition) is 2. The molecule has 0 spiro atoms. The van der Waals surface area contributed by atoms with Crippen LogP contribution in [-0.4, -0.2) is 41.4 Å². The monoisotopic (exact) mass is 500 g/mol. The Morgan fingerprint density at radius 3 is 2.59 bits per heavy atom. The van der Waals surface area contributed by atoms with Crippen molar-refractivity contribution in [1.29, 1.82) is 0 Å². The molecule has 34 heavy (non-hydrogen) atoms. The van der Waals surface area contributed by atoms with E-state index in [0.29, 0.717) is 22.6 Å². The van der Waals surface area contributed by atoms with Gasteiger partial charge in [-0.15, -0.1) is 0 Å². The van der Waals surface area contributed by atoms with Crippen molar-refractivity contribution < 1.29 is 13.2 Å². The second kappa shape index (κ2) is 9.19. The summed E-state index contributed by atoms with van der Waals surface area (Å²) in [5.74, 6) is 0.809. The maximum absolute atomic E-state index is 13.1. The van der Waals surface area contributed by atoms with E-state index in [1.807, 2.05) is 0 Å². The fourth-order valence-electron chi connectivity index (χ4n) is 4.19. The summed E-state index contributed by atoms with van der Waals surface area (Å²) in [7, 11) is -4.25. The van der Waals surface area contributed by atoms with Crippen molar-refractivity contribution in [2.24, 2.45) is 5.92 Å². The fourth-order valence-corrected chi connectivity index (χ4v) is 5.24. The van der Waals surface area contributed by atoms with Gasteiger partial charge >= 0.3 is 0 Å². The molecule has 9 nitrogen and oxygen atoms in total. The first-order valence-corrected chi connectivity index (χ1v) is 12.6. The van der Waals surface area contributed by atoms with Gasteiger partial charge in [0.2, 0.25) is 0 Å². The number of nitrogens with zero attached hydrogens (tertiary/aromatic N) is 4. The van der Waals surface area contributed by atoms with Crippen LogP contribution in [0, 0.1) is 5.92 Å². The molecular formula is C23H25ClN6O3S. The maximum atomic E-state index is 13.1. The zero-order valence-corrected chi connectivity index (χ0v) is 20.6. The Labute approximate surface area is 203 Å². The van der Waals surface area contributed by atoms with Crippen LogP contribution in [0.3, 0.4) is 0 Å². The summed E-state index contributed by atoms with van der Waals surface area (Å²) in [6.45, 7) is 7.04. The topological polar surface area (TPSA) is 117 Å². The summed E-state index contributed by atoms with van der Waals surface area (Å²) in [5, 5.41) is 3.08. The van der Waals surface area contributed by atoms with Gasteiger partial charge in [0.05, 0.1) is 10.6 Å². The number of sulfonamides is 1. The van der Waals surface area contributed by atoms with Crippen LogP contribution in [0.2, 0.25) is 5.02 Å². The van der Waals surface area contributed by atoms with Gasteiger partial charge in [-0.05, 0) is 62.6 Å². The van der Waals surface area contributed by atoms with E-state index < -0.39 is 15.9 Å². The van der Waals surface area contributed by atoms with Crippen molar-refractivity contribution >= 4 is 45.0 Å². The molecule has 3 aromatic rings. The molecule has 1 aliphatic rings. The maximum Gasteiger partial charge on any atom is 0.281 e. The Kier molecular flexibility index (Phi) is 6.46. The second-order valence-corrected chi connectivity index (χ2v) is 11.0. The first kappa shape index (κ1) is 23.9. The second-order valence-electron chi connectivity index (χ2n) is 8.89. The molecule has 0 saturated carbocycles. The molecule has 0 aliphatic carbocycles. The average molecular weight is 501 g/mol. The highest BCUT2D eigenvalue weighted by Crippen LogP contribution is 2.37. The Morgan fingerprint density at radius 1 is 1.12 bits per heavy atom. The Morgan fingerprint density at radius 2 is 1.91 bits per heavy atom. The van der Waals surface area contributed by atoms with Gasteiger partial charge in [-0.1, -0.05) is 24.6 Å². The van der Waals surface area contributed by atoms with Gasteiger partial charge in [-0.2, -0.15) is 8.42 Å². The van der Waals surface area contributed by atoms with Crippen LogP contribution >= 0.6 is 11.6 Å². The number of anilines is 3. The minimum atomic E-state index is -4.25. The number of pyridine rings is 3. The Balaban J connectivity index is 1.57. The molecule has 178 valence electrons. The van der Waals surface area contributed by atoms with Crippen LogP contribution in [0.15, 0.2) is 59.9 Å². The first-order valence-electron chi connectivity index (χ1n) is 10.7. The summed E-state index contributed by atoms with van der Waals surface area (Å²) < 4.78 is 28.1. The fraction of sp³-hybridized carbons (Fsp3) is 0.304. The van der Waals surface area contributed by atoms with Crippen molar-refractivity contribution in [2.45, 2.75) is 37.8 Å². The van der Waals surface area contributed by atoms with E-state index in [1.54, 1.807) is 36.5 Å².